The van der Waals surface area contributed by atoms with Crippen LogP contribution < -0.4 is 0 Å². The van der Waals surface area contributed by atoms with Crippen molar-refractivity contribution in [2.24, 2.45) is 11.8 Å². The summed E-state index contributed by atoms with van der Waals surface area (Å²) < 4.78 is 10.1. The van der Waals surface area contributed by atoms with E-state index < -0.39 is 18.0 Å². The van der Waals surface area contributed by atoms with Gasteiger partial charge in [-0.3, -0.25) is 19.2 Å². The number of esters is 1. The Morgan fingerprint density at radius 1 is 1.04 bits per heavy atom. The zero-order valence-corrected chi connectivity index (χ0v) is 13.8. The maximum atomic E-state index is 11.9. The number of hydrogen-bond acceptors (Lipinski definition) is 7. The normalized spacial score (nSPS) is 20.0. The predicted octanol–water partition coefficient (Wildman–Crippen LogP) is 1.96. The first-order valence-corrected chi connectivity index (χ1v) is 8.34. The summed E-state index contributed by atoms with van der Waals surface area (Å²) in [5, 5.41) is 0.427. The van der Waals surface area contributed by atoms with E-state index in [9.17, 15) is 19.2 Å². The van der Waals surface area contributed by atoms with Gasteiger partial charge < -0.3 is 9.47 Å². The molecule has 0 radical (unpaired) electrons. The van der Waals surface area contributed by atoms with Crippen LogP contribution in [0.5, 0.6) is 0 Å². The van der Waals surface area contributed by atoms with Gasteiger partial charge in [-0.25, -0.2) is 4.79 Å². The Labute approximate surface area is 140 Å². The van der Waals surface area contributed by atoms with E-state index in [4.69, 9.17) is 9.47 Å². The first-order valence-electron chi connectivity index (χ1n) is 8.34. The zero-order chi connectivity index (χ0) is 17.5. The number of nitrogens with zero attached hydrogens (tertiary/aromatic N) is 1. The maximum Gasteiger partial charge on any atom is 0.533 e. The maximum absolute atomic E-state index is 11.9. The third-order valence-corrected chi connectivity index (χ3v) is 4.11. The number of amides is 2. The summed E-state index contributed by atoms with van der Waals surface area (Å²) in [6.07, 6.45) is 3.94. The fourth-order valence-corrected chi connectivity index (χ4v) is 2.70. The van der Waals surface area contributed by atoms with Crippen molar-refractivity contribution >= 4 is 23.9 Å². The third kappa shape index (κ3) is 5.21. The Morgan fingerprint density at radius 3 is 2.25 bits per heavy atom. The number of ether oxygens (including phenoxy) is 2. The first kappa shape index (κ1) is 18.2. The smallest absolute Gasteiger partial charge is 0.465 e. The predicted molar refractivity (Wildman–Crippen MR) is 80.2 cm³/mol. The minimum absolute atomic E-state index is 0.0241. The molecule has 2 amide bonds. The van der Waals surface area contributed by atoms with Gasteiger partial charge in [0, 0.05) is 18.8 Å². The molecule has 1 aliphatic heterocycles. The van der Waals surface area contributed by atoms with Crippen LogP contribution in [-0.4, -0.2) is 42.2 Å². The molecular weight excluding hydrogens is 318 g/mol. The van der Waals surface area contributed by atoms with Gasteiger partial charge in [0.2, 0.25) is 0 Å². The molecule has 2 rings (SSSR count). The molecule has 0 bridgehead atoms. The second-order valence-corrected chi connectivity index (χ2v) is 6.30. The highest BCUT2D eigenvalue weighted by molar-refractivity contribution is 6.01. The van der Waals surface area contributed by atoms with E-state index in [1.807, 2.05) is 0 Å². The third-order valence-electron chi connectivity index (χ3n) is 4.11. The van der Waals surface area contributed by atoms with Gasteiger partial charge in [-0.1, -0.05) is 31.2 Å². The summed E-state index contributed by atoms with van der Waals surface area (Å²) in [4.78, 5) is 50.6. The summed E-state index contributed by atoms with van der Waals surface area (Å²) >= 11 is 0. The van der Waals surface area contributed by atoms with Crippen LogP contribution in [0, 0.1) is 11.8 Å². The highest BCUT2D eigenvalue weighted by Crippen LogP contribution is 2.24. The van der Waals surface area contributed by atoms with Gasteiger partial charge >= 0.3 is 12.1 Å². The fraction of sp³-hybridized carbons (Fsp3) is 0.750. The molecular formula is C16H23NO7. The monoisotopic (exact) mass is 341 g/mol. The largest absolute Gasteiger partial charge is 0.533 e. The molecule has 1 saturated carbocycles. The molecule has 8 heteroatoms. The van der Waals surface area contributed by atoms with E-state index in [1.54, 1.807) is 6.92 Å². The number of hydroxylamine groups is 2. The van der Waals surface area contributed by atoms with E-state index in [1.165, 1.54) is 0 Å². The lowest BCUT2D eigenvalue weighted by atomic mass is 9.89. The molecule has 0 N–H and O–H groups in total. The van der Waals surface area contributed by atoms with Gasteiger partial charge in [0.1, 0.15) is 6.61 Å². The van der Waals surface area contributed by atoms with Crippen LogP contribution >= 0.6 is 0 Å². The lowest BCUT2D eigenvalue weighted by molar-refractivity contribution is -0.177. The molecule has 8 nitrogen and oxygen atoms in total. The molecule has 1 atom stereocenters. The van der Waals surface area contributed by atoms with Crippen molar-refractivity contribution < 1.29 is 33.5 Å². The Bertz CT molecular complexity index is 483. The standard InChI is InChI=1S/C16H23NO7/c1-11(9-22-15(20)12-5-3-2-4-6-12)10-23-16(21)24-17-13(18)7-8-14(17)19/h11-12H,2-10H2,1H3. The highest BCUT2D eigenvalue weighted by atomic mass is 16.8. The van der Waals surface area contributed by atoms with Crippen LogP contribution in [-0.2, 0) is 28.7 Å². The van der Waals surface area contributed by atoms with Crippen LogP contribution in [0.1, 0.15) is 51.9 Å². The van der Waals surface area contributed by atoms with Crippen molar-refractivity contribution in [3.05, 3.63) is 0 Å². The fourth-order valence-electron chi connectivity index (χ4n) is 2.70. The lowest BCUT2D eigenvalue weighted by Gasteiger charge is -2.21. The van der Waals surface area contributed by atoms with Gasteiger partial charge in [-0.05, 0) is 12.8 Å². The molecule has 0 aromatic rings. The number of carbonyl (C=O) groups excluding carboxylic acids is 4. The molecule has 1 saturated heterocycles. The van der Waals surface area contributed by atoms with Crippen LogP contribution in [0.15, 0.2) is 0 Å². The molecule has 2 aliphatic rings. The van der Waals surface area contributed by atoms with Gasteiger partial charge in [-0.2, -0.15) is 0 Å². The molecule has 1 unspecified atom stereocenters. The van der Waals surface area contributed by atoms with Gasteiger partial charge in [0.25, 0.3) is 11.8 Å². The van der Waals surface area contributed by atoms with E-state index in [2.05, 4.69) is 4.84 Å². The number of carbonyl (C=O) groups is 4. The highest BCUT2D eigenvalue weighted by Gasteiger charge is 2.33. The van der Waals surface area contributed by atoms with Crippen molar-refractivity contribution in [2.75, 3.05) is 13.2 Å². The SMILES string of the molecule is CC(COC(=O)ON1C(=O)CCC1=O)COC(=O)C1CCCCC1. The topological polar surface area (TPSA) is 99.2 Å². The second kappa shape index (κ2) is 8.65. The average molecular weight is 341 g/mol. The van der Waals surface area contributed by atoms with Crippen LogP contribution in [0.25, 0.3) is 0 Å². The summed E-state index contributed by atoms with van der Waals surface area (Å²) in [5.74, 6) is -1.56. The molecule has 0 aromatic heterocycles. The van der Waals surface area contributed by atoms with Crippen LogP contribution in [0.4, 0.5) is 4.79 Å². The van der Waals surface area contributed by atoms with Crippen LogP contribution in [0.3, 0.4) is 0 Å². The second-order valence-electron chi connectivity index (χ2n) is 6.30. The van der Waals surface area contributed by atoms with Gasteiger partial charge in [0.15, 0.2) is 0 Å². The van der Waals surface area contributed by atoms with Crippen LogP contribution in [0.2, 0.25) is 0 Å². The van der Waals surface area contributed by atoms with Crippen molar-refractivity contribution in [1.29, 1.82) is 0 Å². The van der Waals surface area contributed by atoms with E-state index >= 15 is 0 Å². The molecule has 134 valence electrons. The Balaban J connectivity index is 1.62. The molecule has 1 aliphatic carbocycles. The summed E-state index contributed by atoms with van der Waals surface area (Å²) in [6.45, 7) is 1.87. The Hall–Kier alpha value is -2.12. The molecule has 2 fully saturated rings. The quantitative estimate of drug-likeness (QED) is 0.538. The van der Waals surface area contributed by atoms with Gasteiger partial charge in [0.05, 0.1) is 12.5 Å². The summed E-state index contributed by atoms with van der Waals surface area (Å²) in [5.41, 5.74) is 0. The zero-order valence-electron chi connectivity index (χ0n) is 13.8. The number of hydrogen-bond donors (Lipinski definition) is 0. The Morgan fingerprint density at radius 2 is 1.62 bits per heavy atom. The Kier molecular flexibility index (Phi) is 6.57. The summed E-state index contributed by atoms with van der Waals surface area (Å²) in [6, 6.07) is 0. The lowest BCUT2D eigenvalue weighted by Crippen LogP contribution is -2.33. The molecule has 1 heterocycles. The minimum atomic E-state index is -1.12. The van der Waals surface area contributed by atoms with Crippen molar-refractivity contribution in [3.8, 4) is 0 Å². The molecule has 24 heavy (non-hydrogen) atoms. The summed E-state index contributed by atoms with van der Waals surface area (Å²) in [7, 11) is 0. The molecule has 0 spiro atoms. The van der Waals surface area contributed by atoms with Crippen molar-refractivity contribution in [2.45, 2.75) is 51.9 Å². The van der Waals surface area contributed by atoms with Crippen molar-refractivity contribution in [3.63, 3.8) is 0 Å². The molecule has 0 aromatic carbocycles. The van der Waals surface area contributed by atoms with Crippen molar-refractivity contribution in [1.82, 2.24) is 5.06 Å². The van der Waals surface area contributed by atoms with Gasteiger partial charge in [-0.15, -0.1) is 0 Å². The van der Waals surface area contributed by atoms with E-state index in [-0.39, 0.29) is 43.9 Å². The first-order chi connectivity index (χ1) is 11.5. The number of imide groups is 1. The van der Waals surface area contributed by atoms with E-state index in [0.717, 1.165) is 32.1 Å². The average Bonchev–Trinajstić information content (AvgIpc) is 2.90. The van der Waals surface area contributed by atoms with E-state index in [0.29, 0.717) is 5.06 Å². The number of rotatable bonds is 6. The minimum Gasteiger partial charge on any atom is -0.465 e.